The number of carbonyl (C=O) groups is 1. The first-order valence-electron chi connectivity index (χ1n) is 4.06. The number of hydrogen-bond acceptors (Lipinski definition) is 3. The van der Waals surface area contributed by atoms with Gasteiger partial charge in [-0.25, -0.2) is 0 Å². The average molecular weight is 183 g/mol. The first-order chi connectivity index (χ1) is 5.74. The Morgan fingerprint density at radius 2 is 2.50 bits per heavy atom. The van der Waals surface area contributed by atoms with Gasteiger partial charge < -0.3 is 5.73 Å². The third kappa shape index (κ3) is 2.43. The smallest absolute Gasteiger partial charge is 0.174 e. The highest BCUT2D eigenvalue weighted by Crippen LogP contribution is 2.12. The van der Waals surface area contributed by atoms with Crippen molar-refractivity contribution in [1.29, 1.82) is 0 Å². The van der Waals surface area contributed by atoms with Gasteiger partial charge in [-0.15, -0.1) is 11.3 Å². The van der Waals surface area contributed by atoms with E-state index in [0.29, 0.717) is 6.42 Å². The fourth-order valence-electron chi connectivity index (χ4n) is 0.920. The van der Waals surface area contributed by atoms with Crippen LogP contribution in [0.4, 0.5) is 0 Å². The van der Waals surface area contributed by atoms with E-state index in [2.05, 4.69) is 0 Å². The van der Waals surface area contributed by atoms with E-state index in [1.54, 1.807) is 0 Å². The van der Waals surface area contributed by atoms with Gasteiger partial charge in [0.1, 0.15) is 0 Å². The SMILES string of the molecule is CCC(N)CC(=O)c1cccs1. The molecule has 2 nitrogen and oxygen atoms in total. The molecule has 1 aromatic rings. The number of thiophene rings is 1. The summed E-state index contributed by atoms with van der Waals surface area (Å²) in [6.45, 7) is 1.99. The molecule has 12 heavy (non-hydrogen) atoms. The molecule has 0 fully saturated rings. The van der Waals surface area contributed by atoms with Crippen LogP contribution in [0.1, 0.15) is 29.4 Å². The summed E-state index contributed by atoms with van der Waals surface area (Å²) in [5, 5.41) is 1.91. The molecule has 0 amide bonds. The highest BCUT2D eigenvalue weighted by atomic mass is 32.1. The van der Waals surface area contributed by atoms with Crippen LogP contribution in [0.2, 0.25) is 0 Å². The Morgan fingerprint density at radius 3 is 3.00 bits per heavy atom. The molecule has 1 rings (SSSR count). The lowest BCUT2D eigenvalue weighted by Crippen LogP contribution is -2.22. The van der Waals surface area contributed by atoms with E-state index in [1.165, 1.54) is 11.3 Å². The fraction of sp³-hybridized carbons (Fsp3) is 0.444. The maximum absolute atomic E-state index is 11.4. The predicted octanol–water partition coefficient (Wildman–Crippen LogP) is 2.06. The monoisotopic (exact) mass is 183 g/mol. The van der Waals surface area contributed by atoms with Gasteiger partial charge in [0.25, 0.3) is 0 Å². The van der Waals surface area contributed by atoms with E-state index in [-0.39, 0.29) is 11.8 Å². The van der Waals surface area contributed by atoms with Crippen LogP contribution in [0.3, 0.4) is 0 Å². The van der Waals surface area contributed by atoms with Crippen molar-refractivity contribution >= 4 is 17.1 Å². The van der Waals surface area contributed by atoms with Crippen LogP contribution in [0, 0.1) is 0 Å². The summed E-state index contributed by atoms with van der Waals surface area (Å²) >= 11 is 1.48. The molecular formula is C9H13NOS. The Bertz CT molecular complexity index is 243. The van der Waals surface area contributed by atoms with Gasteiger partial charge in [-0.1, -0.05) is 13.0 Å². The van der Waals surface area contributed by atoms with Crippen LogP contribution in [0.25, 0.3) is 0 Å². The zero-order chi connectivity index (χ0) is 8.97. The second kappa shape index (κ2) is 4.38. The molecule has 0 aromatic carbocycles. The van der Waals surface area contributed by atoms with E-state index in [9.17, 15) is 4.79 Å². The van der Waals surface area contributed by atoms with Gasteiger partial charge in [-0.3, -0.25) is 4.79 Å². The molecule has 1 heterocycles. The standard InChI is InChI=1S/C9H13NOS/c1-2-7(10)6-8(11)9-4-3-5-12-9/h3-5,7H,2,6,10H2,1H3. The predicted molar refractivity (Wildman–Crippen MR) is 51.5 cm³/mol. The van der Waals surface area contributed by atoms with Crippen molar-refractivity contribution in [1.82, 2.24) is 0 Å². The van der Waals surface area contributed by atoms with Crippen molar-refractivity contribution in [3.05, 3.63) is 22.4 Å². The molecule has 66 valence electrons. The van der Waals surface area contributed by atoms with Crippen LogP contribution >= 0.6 is 11.3 Å². The number of carbonyl (C=O) groups excluding carboxylic acids is 1. The summed E-state index contributed by atoms with van der Waals surface area (Å²) < 4.78 is 0. The van der Waals surface area contributed by atoms with Crippen molar-refractivity contribution in [2.45, 2.75) is 25.8 Å². The average Bonchev–Trinajstić information content (AvgIpc) is 2.56. The van der Waals surface area contributed by atoms with Crippen molar-refractivity contribution in [2.24, 2.45) is 5.73 Å². The summed E-state index contributed by atoms with van der Waals surface area (Å²) in [6.07, 6.45) is 1.33. The summed E-state index contributed by atoms with van der Waals surface area (Å²) in [5.74, 6) is 0.166. The molecule has 0 aliphatic rings. The van der Waals surface area contributed by atoms with Crippen molar-refractivity contribution in [3.63, 3.8) is 0 Å². The van der Waals surface area contributed by atoms with Crippen molar-refractivity contribution < 1.29 is 4.79 Å². The normalized spacial score (nSPS) is 12.8. The molecule has 0 saturated carbocycles. The molecular weight excluding hydrogens is 170 g/mol. The number of rotatable bonds is 4. The van der Waals surface area contributed by atoms with Crippen LogP contribution in [-0.4, -0.2) is 11.8 Å². The molecule has 0 aliphatic carbocycles. The fourth-order valence-corrected chi connectivity index (χ4v) is 1.60. The van der Waals surface area contributed by atoms with Crippen LogP contribution in [-0.2, 0) is 0 Å². The highest BCUT2D eigenvalue weighted by molar-refractivity contribution is 7.12. The lowest BCUT2D eigenvalue weighted by atomic mass is 10.1. The number of hydrogen-bond donors (Lipinski definition) is 1. The highest BCUT2D eigenvalue weighted by Gasteiger charge is 2.10. The van der Waals surface area contributed by atoms with E-state index >= 15 is 0 Å². The summed E-state index contributed by atoms with van der Waals surface area (Å²) in [7, 11) is 0. The van der Waals surface area contributed by atoms with Crippen molar-refractivity contribution in [3.8, 4) is 0 Å². The molecule has 0 bridgehead atoms. The Morgan fingerprint density at radius 1 is 1.75 bits per heavy atom. The summed E-state index contributed by atoms with van der Waals surface area (Å²) in [5.41, 5.74) is 5.66. The second-order valence-corrected chi connectivity index (χ2v) is 3.72. The molecule has 1 atom stereocenters. The quantitative estimate of drug-likeness (QED) is 0.726. The minimum Gasteiger partial charge on any atom is -0.327 e. The van der Waals surface area contributed by atoms with Gasteiger partial charge >= 0.3 is 0 Å². The van der Waals surface area contributed by atoms with Crippen molar-refractivity contribution in [2.75, 3.05) is 0 Å². The van der Waals surface area contributed by atoms with Gasteiger partial charge in [-0.2, -0.15) is 0 Å². The first kappa shape index (κ1) is 9.42. The largest absolute Gasteiger partial charge is 0.327 e. The Hall–Kier alpha value is -0.670. The first-order valence-corrected chi connectivity index (χ1v) is 4.94. The molecule has 0 aliphatic heterocycles. The molecule has 0 radical (unpaired) electrons. The molecule has 3 heteroatoms. The van der Waals surface area contributed by atoms with Crippen LogP contribution < -0.4 is 5.73 Å². The number of Topliss-reactive ketones (excluding diaryl/α,β-unsaturated/α-hetero) is 1. The lowest BCUT2D eigenvalue weighted by molar-refractivity contribution is 0.0978. The minimum absolute atomic E-state index is 0.0135. The Kier molecular flexibility index (Phi) is 3.44. The topological polar surface area (TPSA) is 43.1 Å². The zero-order valence-electron chi connectivity index (χ0n) is 7.12. The maximum atomic E-state index is 11.4. The molecule has 1 unspecified atom stereocenters. The van der Waals surface area contributed by atoms with E-state index < -0.39 is 0 Å². The van der Waals surface area contributed by atoms with Gasteiger partial charge in [-0.05, 0) is 17.9 Å². The Labute approximate surface area is 76.4 Å². The third-order valence-corrected chi connectivity index (χ3v) is 2.68. The van der Waals surface area contributed by atoms with Crippen LogP contribution in [0.5, 0.6) is 0 Å². The number of ketones is 1. The van der Waals surface area contributed by atoms with Gasteiger partial charge in [0, 0.05) is 12.5 Å². The second-order valence-electron chi connectivity index (χ2n) is 2.77. The van der Waals surface area contributed by atoms with E-state index in [4.69, 9.17) is 5.73 Å². The van der Waals surface area contributed by atoms with Gasteiger partial charge in [0.05, 0.1) is 4.88 Å². The lowest BCUT2D eigenvalue weighted by Gasteiger charge is -2.05. The molecule has 2 N–H and O–H groups in total. The molecule has 0 saturated heterocycles. The summed E-state index contributed by atoms with van der Waals surface area (Å²) in [6, 6.07) is 3.74. The van der Waals surface area contributed by atoms with Gasteiger partial charge in [0.15, 0.2) is 5.78 Å². The zero-order valence-corrected chi connectivity index (χ0v) is 7.93. The molecule has 0 spiro atoms. The van der Waals surface area contributed by atoms with E-state index in [0.717, 1.165) is 11.3 Å². The van der Waals surface area contributed by atoms with E-state index in [1.807, 2.05) is 24.4 Å². The van der Waals surface area contributed by atoms with Crippen LogP contribution in [0.15, 0.2) is 17.5 Å². The Balaban J connectivity index is 2.50. The molecule has 1 aromatic heterocycles. The third-order valence-electron chi connectivity index (χ3n) is 1.77. The van der Waals surface area contributed by atoms with Gasteiger partial charge in [0.2, 0.25) is 0 Å². The minimum atomic E-state index is 0.0135. The summed E-state index contributed by atoms with van der Waals surface area (Å²) in [4.78, 5) is 12.2. The number of nitrogens with two attached hydrogens (primary N) is 1. The maximum Gasteiger partial charge on any atom is 0.174 e.